The molecule has 0 radical (unpaired) electrons. The molecular formula is C21H25FN4OS. The molecule has 0 aliphatic heterocycles. The maximum Gasteiger partial charge on any atom is 0.226 e. The fraction of sp³-hybridized carbons (Fsp3) is 0.333. The third kappa shape index (κ3) is 5.92. The van der Waals surface area contributed by atoms with Crippen LogP contribution in [-0.2, 0) is 12.8 Å². The predicted octanol–water partition coefficient (Wildman–Crippen LogP) is 4.13. The molecule has 0 spiro atoms. The van der Waals surface area contributed by atoms with E-state index in [1.54, 1.807) is 36.8 Å². The summed E-state index contributed by atoms with van der Waals surface area (Å²) in [6, 6.07) is 10.4. The van der Waals surface area contributed by atoms with Gasteiger partial charge in [-0.2, -0.15) is 0 Å². The number of nitrogens with one attached hydrogen (secondary N) is 2. The molecule has 0 amide bonds. The molecule has 1 unspecified atom stereocenters. The van der Waals surface area contributed by atoms with Gasteiger partial charge in [0, 0.05) is 37.0 Å². The van der Waals surface area contributed by atoms with E-state index in [9.17, 15) is 4.39 Å². The minimum Gasteiger partial charge on any atom is -0.444 e. The fourth-order valence-electron chi connectivity index (χ4n) is 2.79. The van der Waals surface area contributed by atoms with Crippen molar-refractivity contribution in [2.45, 2.75) is 19.8 Å². The number of aromatic nitrogens is 1. The molecule has 0 aliphatic carbocycles. The van der Waals surface area contributed by atoms with E-state index in [2.05, 4.69) is 45.0 Å². The summed E-state index contributed by atoms with van der Waals surface area (Å²) < 4.78 is 18.5. The molecule has 0 aliphatic rings. The largest absolute Gasteiger partial charge is 0.444 e. The van der Waals surface area contributed by atoms with Crippen LogP contribution < -0.4 is 10.6 Å². The van der Waals surface area contributed by atoms with E-state index in [4.69, 9.17) is 4.42 Å². The average Bonchev–Trinajstić information content (AvgIpc) is 3.37. The van der Waals surface area contributed by atoms with E-state index in [1.165, 1.54) is 17.0 Å². The number of guanidine groups is 1. The number of hydrogen-bond donors (Lipinski definition) is 2. The Bertz CT molecular complexity index is 874. The monoisotopic (exact) mass is 400 g/mol. The van der Waals surface area contributed by atoms with E-state index >= 15 is 0 Å². The molecule has 148 valence electrons. The van der Waals surface area contributed by atoms with E-state index in [0.717, 1.165) is 30.2 Å². The molecule has 2 N–H and O–H groups in total. The molecule has 5 nitrogen and oxygen atoms in total. The summed E-state index contributed by atoms with van der Waals surface area (Å²) in [5, 5.41) is 8.78. The average molecular weight is 401 g/mol. The van der Waals surface area contributed by atoms with Crippen LogP contribution in [0.25, 0.3) is 11.5 Å². The van der Waals surface area contributed by atoms with Crippen molar-refractivity contribution in [1.82, 2.24) is 15.6 Å². The number of halogens is 1. The molecule has 1 aromatic carbocycles. The predicted molar refractivity (Wildman–Crippen MR) is 112 cm³/mol. The van der Waals surface area contributed by atoms with Gasteiger partial charge in [0.2, 0.25) is 5.89 Å². The summed E-state index contributed by atoms with van der Waals surface area (Å²) in [6.45, 7) is 3.77. The fourth-order valence-corrected chi connectivity index (χ4v) is 3.66. The molecule has 2 heterocycles. The van der Waals surface area contributed by atoms with Gasteiger partial charge in [0.25, 0.3) is 0 Å². The van der Waals surface area contributed by atoms with Crippen LogP contribution >= 0.6 is 11.3 Å². The molecule has 0 saturated carbocycles. The van der Waals surface area contributed by atoms with Crippen molar-refractivity contribution in [3.8, 4) is 11.5 Å². The highest BCUT2D eigenvalue weighted by atomic mass is 32.1. The van der Waals surface area contributed by atoms with E-state index in [1.807, 2.05) is 0 Å². The molecule has 0 bridgehead atoms. The van der Waals surface area contributed by atoms with Gasteiger partial charge in [0.15, 0.2) is 5.96 Å². The second-order valence-electron chi connectivity index (χ2n) is 6.67. The Morgan fingerprint density at radius 3 is 2.79 bits per heavy atom. The molecule has 3 rings (SSSR count). The second-order valence-corrected chi connectivity index (χ2v) is 7.70. The van der Waals surface area contributed by atoms with Gasteiger partial charge >= 0.3 is 0 Å². The van der Waals surface area contributed by atoms with Gasteiger partial charge in [-0.05, 0) is 48.1 Å². The Morgan fingerprint density at radius 2 is 2.07 bits per heavy atom. The third-order valence-electron chi connectivity index (χ3n) is 4.29. The van der Waals surface area contributed by atoms with Crippen molar-refractivity contribution >= 4 is 17.3 Å². The summed E-state index contributed by atoms with van der Waals surface area (Å²) >= 11 is 1.80. The van der Waals surface area contributed by atoms with Crippen LogP contribution in [-0.4, -0.2) is 31.1 Å². The number of hydrogen-bond acceptors (Lipinski definition) is 4. The topological polar surface area (TPSA) is 62.5 Å². The lowest BCUT2D eigenvalue weighted by Crippen LogP contribution is -2.40. The summed E-state index contributed by atoms with van der Waals surface area (Å²) in [5.74, 6) is 1.52. The van der Waals surface area contributed by atoms with E-state index in [0.29, 0.717) is 24.8 Å². The minimum absolute atomic E-state index is 0.275. The van der Waals surface area contributed by atoms with Crippen molar-refractivity contribution in [1.29, 1.82) is 0 Å². The standard InChI is InChI=1S/C21H25FN4OS/c1-15(12-19-4-3-11-28-19)13-25-21(23-2)24-10-9-18-14-27-20(26-18)16-5-7-17(22)8-6-16/h3-8,11,14-15H,9-10,12-13H2,1-2H3,(H2,23,24,25). The van der Waals surface area contributed by atoms with Gasteiger partial charge in [0.1, 0.15) is 12.1 Å². The summed E-state index contributed by atoms with van der Waals surface area (Å²) in [5.41, 5.74) is 1.60. The van der Waals surface area contributed by atoms with Crippen molar-refractivity contribution in [2.75, 3.05) is 20.1 Å². The second kappa shape index (κ2) is 10.0. The lowest BCUT2D eigenvalue weighted by atomic mass is 10.1. The van der Waals surface area contributed by atoms with Gasteiger partial charge in [-0.3, -0.25) is 4.99 Å². The summed E-state index contributed by atoms with van der Waals surface area (Å²) in [6.07, 6.45) is 3.41. The molecule has 28 heavy (non-hydrogen) atoms. The van der Waals surface area contributed by atoms with Crippen LogP contribution in [0.4, 0.5) is 4.39 Å². The van der Waals surface area contributed by atoms with Gasteiger partial charge in [-0.25, -0.2) is 9.37 Å². The molecule has 7 heteroatoms. The Balaban J connectivity index is 1.41. The van der Waals surface area contributed by atoms with Crippen LogP contribution in [0.5, 0.6) is 0 Å². The molecule has 0 fully saturated rings. The first-order chi connectivity index (χ1) is 13.6. The number of aliphatic imine (C=N–C) groups is 1. The third-order valence-corrected chi connectivity index (χ3v) is 5.19. The number of nitrogens with zero attached hydrogens (tertiary/aromatic N) is 2. The molecular weight excluding hydrogens is 375 g/mol. The van der Waals surface area contributed by atoms with Gasteiger partial charge in [0.05, 0.1) is 5.69 Å². The first-order valence-electron chi connectivity index (χ1n) is 9.31. The van der Waals surface area contributed by atoms with Crippen molar-refractivity contribution in [3.05, 3.63) is 64.4 Å². The SMILES string of the molecule is CN=C(NCCc1coc(-c2ccc(F)cc2)n1)NCC(C)Cc1cccs1. The lowest BCUT2D eigenvalue weighted by Gasteiger charge is -2.15. The highest BCUT2D eigenvalue weighted by Crippen LogP contribution is 2.19. The Kier molecular flexibility index (Phi) is 7.19. The zero-order chi connectivity index (χ0) is 19.8. The highest BCUT2D eigenvalue weighted by molar-refractivity contribution is 7.09. The van der Waals surface area contributed by atoms with Crippen molar-refractivity contribution < 1.29 is 8.81 Å². The quantitative estimate of drug-likeness (QED) is 0.441. The van der Waals surface area contributed by atoms with E-state index in [-0.39, 0.29) is 5.82 Å². The Morgan fingerprint density at radius 1 is 1.25 bits per heavy atom. The van der Waals surface area contributed by atoms with Crippen LogP contribution in [0.15, 0.2) is 57.5 Å². The van der Waals surface area contributed by atoms with Gasteiger partial charge in [-0.15, -0.1) is 11.3 Å². The number of oxazole rings is 1. The van der Waals surface area contributed by atoms with Crippen LogP contribution in [0.2, 0.25) is 0 Å². The van der Waals surface area contributed by atoms with Crippen LogP contribution in [0, 0.1) is 11.7 Å². The normalized spacial score (nSPS) is 12.8. The molecule has 0 saturated heterocycles. The molecule has 1 atom stereocenters. The van der Waals surface area contributed by atoms with E-state index < -0.39 is 0 Å². The zero-order valence-corrected chi connectivity index (χ0v) is 16.9. The molecule has 2 aromatic heterocycles. The zero-order valence-electron chi connectivity index (χ0n) is 16.1. The Labute approximate surface area is 168 Å². The maximum atomic E-state index is 13.0. The van der Waals surface area contributed by atoms with Gasteiger partial charge < -0.3 is 15.1 Å². The first-order valence-corrected chi connectivity index (χ1v) is 10.2. The van der Waals surface area contributed by atoms with Crippen molar-refractivity contribution in [2.24, 2.45) is 10.9 Å². The van der Waals surface area contributed by atoms with Crippen LogP contribution in [0.3, 0.4) is 0 Å². The summed E-state index contributed by atoms with van der Waals surface area (Å²) in [4.78, 5) is 10.1. The number of rotatable bonds is 8. The molecule has 3 aromatic rings. The highest BCUT2D eigenvalue weighted by Gasteiger charge is 2.08. The Hall–Kier alpha value is -2.67. The lowest BCUT2D eigenvalue weighted by molar-refractivity contribution is 0.561. The summed E-state index contributed by atoms with van der Waals surface area (Å²) in [7, 11) is 1.77. The first kappa shape index (κ1) is 20.1. The van der Waals surface area contributed by atoms with Crippen molar-refractivity contribution in [3.63, 3.8) is 0 Å². The smallest absolute Gasteiger partial charge is 0.226 e. The van der Waals surface area contributed by atoms with Crippen LogP contribution in [0.1, 0.15) is 17.5 Å². The maximum absolute atomic E-state index is 13.0. The minimum atomic E-state index is -0.275. The van der Waals surface area contributed by atoms with Gasteiger partial charge in [-0.1, -0.05) is 13.0 Å². The number of thiophene rings is 1. The number of benzene rings is 1.